The molecular formula is C14H11N3O4S2. The first-order valence-corrected chi connectivity index (χ1v) is 8.14. The first-order valence-electron chi connectivity index (χ1n) is 6.34. The van der Waals surface area contributed by atoms with Crippen molar-refractivity contribution in [3.05, 3.63) is 33.1 Å². The molecule has 0 saturated heterocycles. The minimum absolute atomic E-state index is 0.0448. The molecule has 1 aromatic carbocycles. The van der Waals surface area contributed by atoms with Crippen LogP contribution in [0.25, 0.3) is 10.2 Å². The van der Waals surface area contributed by atoms with E-state index >= 15 is 0 Å². The van der Waals surface area contributed by atoms with Gasteiger partial charge in [-0.25, -0.2) is 0 Å². The highest BCUT2D eigenvalue weighted by atomic mass is 32.2. The Morgan fingerprint density at radius 3 is 2.87 bits per heavy atom. The van der Waals surface area contributed by atoms with Gasteiger partial charge in [-0.15, -0.1) is 6.42 Å². The van der Waals surface area contributed by atoms with Crippen molar-refractivity contribution in [1.29, 1.82) is 0 Å². The highest BCUT2D eigenvalue weighted by Gasteiger charge is 2.12. The van der Waals surface area contributed by atoms with Crippen molar-refractivity contribution in [2.24, 2.45) is 4.99 Å². The number of carbonyl (C=O) groups is 2. The van der Waals surface area contributed by atoms with Gasteiger partial charge in [-0.2, -0.15) is 4.99 Å². The maximum Gasteiger partial charge on any atom is 0.270 e. The minimum Gasteiger partial charge on any atom is -0.305 e. The van der Waals surface area contributed by atoms with Gasteiger partial charge < -0.3 is 4.57 Å². The predicted octanol–water partition coefficient (Wildman–Crippen LogP) is 1.95. The standard InChI is InChI=1S/C14H11N3O4S2/c1-3-6-16-11-5-4-10(17(20)21)7-12(11)23-14(16)15-13(19)8-22-9(2)18/h1,4-5,7H,6,8H2,2H3. The Morgan fingerprint density at radius 1 is 1.52 bits per heavy atom. The van der Waals surface area contributed by atoms with E-state index in [0.717, 1.165) is 23.1 Å². The quantitative estimate of drug-likeness (QED) is 0.478. The lowest BCUT2D eigenvalue weighted by atomic mass is 10.3. The number of thiazole rings is 1. The zero-order valence-electron chi connectivity index (χ0n) is 12.0. The number of thioether (sulfide) groups is 1. The lowest BCUT2D eigenvalue weighted by Crippen LogP contribution is -2.17. The number of fused-ring (bicyclic) bond motifs is 1. The number of hydrogen-bond donors (Lipinski definition) is 0. The van der Waals surface area contributed by atoms with E-state index in [1.165, 1.54) is 19.1 Å². The number of rotatable bonds is 4. The van der Waals surface area contributed by atoms with Gasteiger partial charge in [-0.05, 0) is 6.07 Å². The monoisotopic (exact) mass is 349 g/mol. The van der Waals surface area contributed by atoms with Gasteiger partial charge in [0.25, 0.3) is 11.6 Å². The number of amides is 1. The van der Waals surface area contributed by atoms with Crippen molar-refractivity contribution in [2.75, 3.05) is 5.75 Å². The van der Waals surface area contributed by atoms with E-state index in [2.05, 4.69) is 10.9 Å². The van der Waals surface area contributed by atoms with Crippen LogP contribution >= 0.6 is 23.1 Å². The molecule has 0 bridgehead atoms. The Hall–Kier alpha value is -2.44. The highest BCUT2D eigenvalue weighted by molar-refractivity contribution is 8.14. The van der Waals surface area contributed by atoms with Crippen LogP contribution in [0.2, 0.25) is 0 Å². The van der Waals surface area contributed by atoms with E-state index in [1.54, 1.807) is 10.6 Å². The molecule has 1 aromatic heterocycles. The van der Waals surface area contributed by atoms with E-state index in [1.807, 2.05) is 0 Å². The molecule has 23 heavy (non-hydrogen) atoms. The summed E-state index contributed by atoms with van der Waals surface area (Å²) in [5, 5.41) is 10.7. The number of carbonyl (C=O) groups excluding carboxylic acids is 2. The lowest BCUT2D eigenvalue weighted by molar-refractivity contribution is -0.384. The second kappa shape index (κ2) is 7.21. The van der Waals surface area contributed by atoms with E-state index in [-0.39, 0.29) is 23.1 Å². The summed E-state index contributed by atoms with van der Waals surface area (Å²) in [4.78, 5) is 37.4. The van der Waals surface area contributed by atoms with Crippen molar-refractivity contribution in [3.63, 3.8) is 0 Å². The molecule has 0 saturated carbocycles. The molecule has 0 fully saturated rings. The number of nitro benzene ring substituents is 1. The molecule has 0 spiro atoms. The molecule has 0 radical (unpaired) electrons. The zero-order chi connectivity index (χ0) is 17.0. The van der Waals surface area contributed by atoms with Crippen LogP contribution in [0.1, 0.15) is 6.92 Å². The lowest BCUT2D eigenvalue weighted by Gasteiger charge is -1.99. The summed E-state index contributed by atoms with van der Waals surface area (Å²) in [6, 6.07) is 4.37. The van der Waals surface area contributed by atoms with Gasteiger partial charge in [0, 0.05) is 19.1 Å². The van der Waals surface area contributed by atoms with Crippen molar-refractivity contribution in [1.82, 2.24) is 4.57 Å². The molecule has 0 aliphatic rings. The topological polar surface area (TPSA) is 94.6 Å². The Kier molecular flexibility index (Phi) is 5.31. The number of aromatic nitrogens is 1. The molecule has 0 atom stereocenters. The third-order valence-electron chi connectivity index (χ3n) is 2.75. The average Bonchev–Trinajstić information content (AvgIpc) is 2.82. The highest BCUT2D eigenvalue weighted by Crippen LogP contribution is 2.23. The molecule has 9 heteroatoms. The van der Waals surface area contributed by atoms with Crippen molar-refractivity contribution in [3.8, 4) is 12.3 Å². The number of benzene rings is 1. The normalized spacial score (nSPS) is 11.4. The number of nitro groups is 1. The molecule has 2 aromatic rings. The first kappa shape index (κ1) is 16.9. The van der Waals surface area contributed by atoms with Gasteiger partial charge >= 0.3 is 0 Å². The Bertz CT molecular complexity index is 905. The summed E-state index contributed by atoms with van der Waals surface area (Å²) in [5.41, 5.74) is 0.626. The van der Waals surface area contributed by atoms with Gasteiger partial charge in [-0.3, -0.25) is 19.7 Å². The molecule has 0 aliphatic heterocycles. The average molecular weight is 349 g/mol. The maximum absolute atomic E-state index is 11.8. The zero-order valence-corrected chi connectivity index (χ0v) is 13.6. The fraction of sp³-hybridized carbons (Fsp3) is 0.214. The summed E-state index contributed by atoms with van der Waals surface area (Å²) < 4.78 is 2.25. The fourth-order valence-electron chi connectivity index (χ4n) is 1.81. The van der Waals surface area contributed by atoms with Crippen molar-refractivity contribution < 1.29 is 14.5 Å². The van der Waals surface area contributed by atoms with Gasteiger partial charge in [0.1, 0.15) is 0 Å². The number of terminal acetylenes is 1. The number of nitrogens with zero attached hydrogens (tertiary/aromatic N) is 3. The van der Waals surface area contributed by atoms with E-state index in [0.29, 0.717) is 15.0 Å². The molecular weight excluding hydrogens is 338 g/mol. The maximum atomic E-state index is 11.8. The van der Waals surface area contributed by atoms with Crippen LogP contribution in [0.4, 0.5) is 5.69 Å². The first-order chi connectivity index (χ1) is 10.9. The van der Waals surface area contributed by atoms with Gasteiger partial charge in [0.05, 0.1) is 27.4 Å². The Morgan fingerprint density at radius 2 is 2.26 bits per heavy atom. The smallest absolute Gasteiger partial charge is 0.270 e. The largest absolute Gasteiger partial charge is 0.305 e. The van der Waals surface area contributed by atoms with Crippen LogP contribution in [-0.2, 0) is 16.1 Å². The molecule has 118 valence electrons. The molecule has 2 rings (SSSR count). The second-order valence-corrected chi connectivity index (χ2v) is 6.53. The third kappa shape index (κ3) is 4.06. The Balaban J connectivity index is 2.51. The molecule has 7 nitrogen and oxygen atoms in total. The molecule has 1 amide bonds. The van der Waals surface area contributed by atoms with Crippen LogP contribution in [0.3, 0.4) is 0 Å². The van der Waals surface area contributed by atoms with Gasteiger partial charge in [0.15, 0.2) is 9.92 Å². The summed E-state index contributed by atoms with van der Waals surface area (Å²) >= 11 is 2.01. The SMILES string of the molecule is C#CCn1c(=NC(=O)CSC(C)=O)sc2cc([N+](=O)[O-])ccc21. The molecule has 0 N–H and O–H groups in total. The molecule has 1 heterocycles. The van der Waals surface area contributed by atoms with Crippen molar-refractivity contribution in [2.45, 2.75) is 13.5 Å². The second-order valence-electron chi connectivity index (χ2n) is 4.37. The molecule has 0 aliphatic carbocycles. The Labute approximate surface area is 139 Å². The van der Waals surface area contributed by atoms with E-state index in [4.69, 9.17) is 6.42 Å². The van der Waals surface area contributed by atoms with Crippen LogP contribution in [-0.4, -0.2) is 26.3 Å². The van der Waals surface area contributed by atoms with Gasteiger partial charge in [-0.1, -0.05) is 29.0 Å². The predicted molar refractivity (Wildman–Crippen MR) is 89.0 cm³/mol. The number of hydrogen-bond acceptors (Lipinski definition) is 6. The molecule has 0 unspecified atom stereocenters. The summed E-state index contributed by atoms with van der Waals surface area (Å²) in [5.74, 6) is 1.95. The fourth-order valence-corrected chi connectivity index (χ4v) is 3.28. The van der Waals surface area contributed by atoms with Crippen molar-refractivity contribution >= 4 is 50.0 Å². The third-order valence-corrected chi connectivity index (χ3v) is 4.58. The summed E-state index contributed by atoms with van der Waals surface area (Å²) in [6.45, 7) is 1.55. The van der Waals surface area contributed by atoms with E-state index in [9.17, 15) is 19.7 Å². The van der Waals surface area contributed by atoms with Crippen LogP contribution in [0, 0.1) is 22.5 Å². The van der Waals surface area contributed by atoms with Crippen LogP contribution in [0.15, 0.2) is 23.2 Å². The summed E-state index contributed by atoms with van der Waals surface area (Å²) in [7, 11) is 0. The summed E-state index contributed by atoms with van der Waals surface area (Å²) in [6.07, 6.45) is 5.34. The van der Waals surface area contributed by atoms with Crippen LogP contribution < -0.4 is 4.80 Å². The number of non-ortho nitro benzene ring substituents is 1. The van der Waals surface area contributed by atoms with Crippen LogP contribution in [0.5, 0.6) is 0 Å². The van der Waals surface area contributed by atoms with E-state index < -0.39 is 10.8 Å². The van der Waals surface area contributed by atoms with Gasteiger partial charge in [0.2, 0.25) is 0 Å². The minimum atomic E-state index is -0.490.